The molecule has 2 aliphatic rings. The zero-order valence-electron chi connectivity index (χ0n) is 16.6. The molecule has 0 saturated heterocycles. The Morgan fingerprint density at radius 2 is 1.72 bits per heavy atom. The van der Waals surface area contributed by atoms with Crippen molar-refractivity contribution in [2.24, 2.45) is 0 Å². The molecule has 5 nitrogen and oxygen atoms in total. The second-order valence-electron chi connectivity index (χ2n) is 8.36. The van der Waals surface area contributed by atoms with E-state index in [4.69, 9.17) is 0 Å². The Kier molecular flexibility index (Phi) is 5.10. The molecule has 1 aromatic heterocycles. The molecular weight excluding hydrogens is 365 g/mol. The Morgan fingerprint density at radius 3 is 2.52 bits per heavy atom. The maximum absolute atomic E-state index is 13.6. The van der Waals surface area contributed by atoms with Gasteiger partial charge in [0.1, 0.15) is 12.4 Å². The van der Waals surface area contributed by atoms with E-state index in [9.17, 15) is 4.39 Å². The highest BCUT2D eigenvalue weighted by Gasteiger charge is 2.35. The van der Waals surface area contributed by atoms with Crippen molar-refractivity contribution in [2.75, 3.05) is 6.54 Å². The topological polar surface area (TPSA) is 48.0 Å². The van der Waals surface area contributed by atoms with E-state index >= 15 is 0 Å². The summed E-state index contributed by atoms with van der Waals surface area (Å²) >= 11 is 0. The fourth-order valence-corrected chi connectivity index (χ4v) is 5.05. The molecule has 2 atom stereocenters. The third-order valence-electron chi connectivity index (χ3n) is 6.56. The van der Waals surface area contributed by atoms with E-state index in [2.05, 4.69) is 44.5 Å². The lowest BCUT2D eigenvalue weighted by atomic mass is 9.94. The molecular formula is C23H27FN5+. The van der Waals surface area contributed by atoms with Crippen LogP contribution >= 0.6 is 0 Å². The number of quaternary nitrogens is 1. The number of tetrazole rings is 1. The van der Waals surface area contributed by atoms with Crippen molar-refractivity contribution in [1.29, 1.82) is 0 Å². The average Bonchev–Trinajstić information content (AvgIpc) is 3.25. The molecule has 29 heavy (non-hydrogen) atoms. The minimum atomic E-state index is -0.210. The first-order valence-corrected chi connectivity index (χ1v) is 10.7. The van der Waals surface area contributed by atoms with Gasteiger partial charge in [-0.2, -0.15) is 0 Å². The zero-order chi connectivity index (χ0) is 19.6. The maximum atomic E-state index is 13.6. The minimum absolute atomic E-state index is 0.000817. The standard InChI is InChI=1S/C23H26FN5/c24-20-12-10-18(11-13-20)22(28-15-14-17-6-4-5-7-19(17)16-28)23-25-26-27-29(23)21-8-2-1-3-9-21/h4-7,10-13,21-22H,1-3,8-9,14-16H2/p+1/t22-/m0/s1. The predicted molar refractivity (Wildman–Crippen MR) is 108 cm³/mol. The van der Waals surface area contributed by atoms with Crippen LogP contribution in [0.3, 0.4) is 0 Å². The van der Waals surface area contributed by atoms with Crippen LogP contribution in [-0.4, -0.2) is 26.8 Å². The molecule has 2 aromatic carbocycles. The third kappa shape index (κ3) is 3.69. The summed E-state index contributed by atoms with van der Waals surface area (Å²) in [6, 6.07) is 15.9. The van der Waals surface area contributed by atoms with Crippen molar-refractivity contribution in [1.82, 2.24) is 20.2 Å². The number of nitrogens with zero attached hydrogens (tertiary/aromatic N) is 4. The van der Waals surface area contributed by atoms with E-state index in [0.717, 1.165) is 43.7 Å². The van der Waals surface area contributed by atoms with Crippen molar-refractivity contribution >= 4 is 0 Å². The summed E-state index contributed by atoms with van der Waals surface area (Å²) in [7, 11) is 0. The molecule has 0 amide bonds. The monoisotopic (exact) mass is 392 g/mol. The fraction of sp³-hybridized carbons (Fsp3) is 0.435. The molecule has 0 spiro atoms. The van der Waals surface area contributed by atoms with Crippen LogP contribution in [0, 0.1) is 5.82 Å². The third-order valence-corrected chi connectivity index (χ3v) is 6.56. The van der Waals surface area contributed by atoms with Gasteiger partial charge in [0.25, 0.3) is 0 Å². The lowest BCUT2D eigenvalue weighted by molar-refractivity contribution is -0.941. The number of rotatable bonds is 4. The smallest absolute Gasteiger partial charge is 0.214 e. The van der Waals surface area contributed by atoms with Crippen LogP contribution in [0.1, 0.15) is 66.7 Å². The van der Waals surface area contributed by atoms with Crippen molar-refractivity contribution in [3.05, 3.63) is 76.9 Å². The molecule has 1 aliphatic heterocycles. The quantitative estimate of drug-likeness (QED) is 0.742. The van der Waals surface area contributed by atoms with E-state index < -0.39 is 0 Å². The minimum Gasteiger partial charge on any atom is -0.318 e. The van der Waals surface area contributed by atoms with Crippen LogP contribution in [-0.2, 0) is 13.0 Å². The lowest BCUT2D eigenvalue weighted by Gasteiger charge is -2.33. The molecule has 0 radical (unpaired) electrons. The molecule has 3 aromatic rings. The summed E-state index contributed by atoms with van der Waals surface area (Å²) < 4.78 is 15.7. The number of fused-ring (bicyclic) bond motifs is 1. The van der Waals surface area contributed by atoms with Gasteiger partial charge >= 0.3 is 0 Å². The van der Waals surface area contributed by atoms with Crippen molar-refractivity contribution in [2.45, 2.75) is 57.2 Å². The van der Waals surface area contributed by atoms with E-state index in [1.165, 1.54) is 35.3 Å². The molecule has 0 bridgehead atoms. The number of hydrogen-bond acceptors (Lipinski definition) is 3. The summed E-state index contributed by atoms with van der Waals surface area (Å²) in [5.74, 6) is 0.705. The van der Waals surface area contributed by atoms with Gasteiger partial charge in [-0.25, -0.2) is 9.07 Å². The average molecular weight is 393 g/mol. The SMILES string of the molecule is Fc1ccc([C@@H](c2nnnn2C2CCCCC2)[NH+]2CCc3ccccc3C2)cc1. The van der Waals surface area contributed by atoms with Gasteiger partial charge in [-0.3, -0.25) is 0 Å². The van der Waals surface area contributed by atoms with Gasteiger partial charge in [-0.15, -0.1) is 5.10 Å². The summed E-state index contributed by atoms with van der Waals surface area (Å²) in [5.41, 5.74) is 3.89. The van der Waals surface area contributed by atoms with Gasteiger partial charge in [0.2, 0.25) is 5.82 Å². The van der Waals surface area contributed by atoms with Gasteiger partial charge < -0.3 is 4.90 Å². The Morgan fingerprint density at radius 1 is 0.966 bits per heavy atom. The lowest BCUT2D eigenvalue weighted by Crippen LogP contribution is -3.12. The summed E-state index contributed by atoms with van der Waals surface area (Å²) in [6.07, 6.45) is 7.06. The van der Waals surface area contributed by atoms with Crippen molar-refractivity contribution < 1.29 is 9.29 Å². The molecule has 150 valence electrons. The number of hydrogen-bond donors (Lipinski definition) is 1. The Balaban J connectivity index is 1.54. The molecule has 1 unspecified atom stereocenters. The first-order chi connectivity index (χ1) is 14.3. The number of aromatic nitrogens is 4. The Hall–Kier alpha value is -2.60. The van der Waals surface area contributed by atoms with Crippen LogP contribution in [0.25, 0.3) is 0 Å². The largest absolute Gasteiger partial charge is 0.318 e. The van der Waals surface area contributed by atoms with E-state index in [1.54, 1.807) is 12.1 Å². The fourth-order valence-electron chi connectivity index (χ4n) is 5.05. The van der Waals surface area contributed by atoms with Gasteiger partial charge in [0.05, 0.1) is 12.6 Å². The first kappa shape index (κ1) is 18.4. The highest BCUT2D eigenvalue weighted by Crippen LogP contribution is 2.30. The summed E-state index contributed by atoms with van der Waals surface area (Å²) in [4.78, 5) is 1.42. The molecule has 5 rings (SSSR count). The molecule has 2 heterocycles. The summed E-state index contributed by atoms with van der Waals surface area (Å²) in [5, 5.41) is 13.0. The zero-order valence-corrected chi connectivity index (χ0v) is 16.6. The van der Waals surface area contributed by atoms with Crippen LogP contribution in [0.2, 0.25) is 0 Å². The second kappa shape index (κ2) is 8.03. The molecule has 1 saturated carbocycles. The van der Waals surface area contributed by atoms with Gasteiger partial charge in [0.15, 0.2) is 6.04 Å². The second-order valence-corrected chi connectivity index (χ2v) is 8.36. The van der Waals surface area contributed by atoms with Gasteiger partial charge in [-0.05, 0) is 53.1 Å². The molecule has 1 N–H and O–H groups in total. The van der Waals surface area contributed by atoms with E-state index in [-0.39, 0.29) is 11.9 Å². The highest BCUT2D eigenvalue weighted by atomic mass is 19.1. The van der Waals surface area contributed by atoms with Crippen molar-refractivity contribution in [3.8, 4) is 0 Å². The Labute approximate surface area is 170 Å². The Bertz CT molecular complexity index is 961. The first-order valence-electron chi connectivity index (χ1n) is 10.7. The van der Waals surface area contributed by atoms with Crippen LogP contribution in [0.4, 0.5) is 4.39 Å². The highest BCUT2D eigenvalue weighted by molar-refractivity contribution is 5.28. The number of nitrogens with one attached hydrogen (secondary N) is 1. The molecule has 1 aliphatic carbocycles. The maximum Gasteiger partial charge on any atom is 0.214 e. The van der Waals surface area contributed by atoms with Crippen LogP contribution in [0.15, 0.2) is 48.5 Å². The van der Waals surface area contributed by atoms with Crippen molar-refractivity contribution in [3.63, 3.8) is 0 Å². The number of benzene rings is 2. The molecule has 6 heteroatoms. The van der Waals surface area contributed by atoms with Gasteiger partial charge in [-0.1, -0.05) is 43.5 Å². The normalized spacial score (nSPS) is 20.9. The van der Waals surface area contributed by atoms with E-state index in [1.807, 2.05) is 12.1 Å². The van der Waals surface area contributed by atoms with Crippen LogP contribution in [0.5, 0.6) is 0 Å². The summed E-state index contributed by atoms with van der Waals surface area (Å²) in [6.45, 7) is 1.94. The van der Waals surface area contributed by atoms with Crippen LogP contribution < -0.4 is 4.90 Å². The molecule has 1 fully saturated rings. The number of halogens is 1. The van der Waals surface area contributed by atoms with Gasteiger partial charge in [0, 0.05) is 17.5 Å². The predicted octanol–water partition coefficient (Wildman–Crippen LogP) is 3.05. The van der Waals surface area contributed by atoms with E-state index in [0.29, 0.717) is 6.04 Å².